The maximum absolute atomic E-state index is 13.7. The molecule has 0 aliphatic carbocycles. The smallest absolute Gasteiger partial charge is 0.254 e. The van der Waals surface area contributed by atoms with Gasteiger partial charge in [-0.15, -0.1) is 0 Å². The fraction of sp³-hybridized carbons (Fsp3) is 0.138. The summed E-state index contributed by atoms with van der Waals surface area (Å²) in [4.78, 5) is 26.4. The van der Waals surface area contributed by atoms with E-state index in [0.717, 1.165) is 11.8 Å². The first-order valence-electron chi connectivity index (χ1n) is 11.8. The molecular weight excluding hydrogens is 555 g/mol. The molecule has 1 atom stereocenters. The minimum absolute atomic E-state index is 0.00397. The van der Waals surface area contributed by atoms with Gasteiger partial charge in [-0.1, -0.05) is 77.4 Å². The molecule has 0 fully saturated rings. The van der Waals surface area contributed by atoms with Crippen molar-refractivity contribution >= 4 is 58.2 Å². The van der Waals surface area contributed by atoms with Crippen LogP contribution in [0.2, 0.25) is 10.0 Å². The molecule has 0 radical (unpaired) electrons. The Kier molecular flexibility index (Phi) is 9.20. The van der Waals surface area contributed by atoms with Crippen LogP contribution in [0.3, 0.4) is 0 Å². The fourth-order valence-corrected chi connectivity index (χ4v) is 5.49. The van der Waals surface area contributed by atoms with Crippen molar-refractivity contribution in [2.24, 2.45) is 0 Å². The zero-order valence-electron chi connectivity index (χ0n) is 21.0. The number of halogens is 2. The number of amides is 2. The van der Waals surface area contributed by atoms with Crippen molar-refractivity contribution < 1.29 is 14.3 Å². The number of hydrogen-bond acceptors (Lipinski definition) is 6. The summed E-state index contributed by atoms with van der Waals surface area (Å²) < 4.78 is 5.38. The number of nitriles is 1. The second-order valence-corrected chi connectivity index (χ2v) is 10.2. The van der Waals surface area contributed by atoms with E-state index in [4.69, 9.17) is 27.9 Å². The summed E-state index contributed by atoms with van der Waals surface area (Å²) in [7, 11) is 1.52. The highest BCUT2D eigenvalue weighted by Crippen LogP contribution is 2.43. The van der Waals surface area contributed by atoms with Crippen LogP contribution in [-0.2, 0) is 9.59 Å². The molecule has 0 unspecified atom stereocenters. The van der Waals surface area contributed by atoms with Crippen molar-refractivity contribution in [3.8, 4) is 11.8 Å². The number of thioether (sulfide) groups is 1. The number of methoxy groups -OCH3 is 1. The molecule has 4 rings (SSSR count). The summed E-state index contributed by atoms with van der Waals surface area (Å²) in [5.41, 5.74) is 2.71. The van der Waals surface area contributed by atoms with Gasteiger partial charge in [-0.3, -0.25) is 9.59 Å². The lowest BCUT2D eigenvalue weighted by Crippen LogP contribution is -2.31. The number of para-hydroxylation sites is 3. The molecule has 10 heteroatoms. The Morgan fingerprint density at radius 3 is 2.28 bits per heavy atom. The van der Waals surface area contributed by atoms with Crippen molar-refractivity contribution in [3.05, 3.63) is 110 Å². The zero-order chi connectivity index (χ0) is 27.9. The van der Waals surface area contributed by atoms with E-state index < -0.39 is 11.8 Å². The summed E-state index contributed by atoms with van der Waals surface area (Å²) >= 11 is 13.9. The van der Waals surface area contributed by atoms with Gasteiger partial charge in [0.25, 0.3) is 5.91 Å². The van der Waals surface area contributed by atoms with Gasteiger partial charge in [0, 0.05) is 16.3 Å². The number of nitrogens with zero attached hydrogens (tertiary/aromatic N) is 1. The number of dihydropyridines is 1. The van der Waals surface area contributed by atoms with Gasteiger partial charge in [-0.2, -0.15) is 5.26 Å². The second kappa shape index (κ2) is 12.8. The van der Waals surface area contributed by atoms with Crippen LogP contribution >= 0.6 is 35.0 Å². The predicted molar refractivity (Wildman–Crippen MR) is 157 cm³/mol. The lowest BCUT2D eigenvalue weighted by Gasteiger charge is -2.30. The van der Waals surface area contributed by atoms with Gasteiger partial charge >= 0.3 is 0 Å². The molecule has 1 heterocycles. The summed E-state index contributed by atoms with van der Waals surface area (Å²) in [6.45, 7) is 1.75. The Morgan fingerprint density at radius 1 is 0.974 bits per heavy atom. The number of allylic oxidation sites excluding steroid dienone is 2. The lowest BCUT2D eigenvalue weighted by atomic mass is 9.82. The predicted octanol–water partition coefficient (Wildman–Crippen LogP) is 6.71. The van der Waals surface area contributed by atoms with Gasteiger partial charge in [-0.25, -0.2) is 0 Å². The van der Waals surface area contributed by atoms with Crippen molar-refractivity contribution in [1.29, 1.82) is 5.26 Å². The van der Waals surface area contributed by atoms with E-state index in [1.165, 1.54) is 7.11 Å². The van der Waals surface area contributed by atoms with Gasteiger partial charge in [0.1, 0.15) is 5.75 Å². The summed E-state index contributed by atoms with van der Waals surface area (Å²) in [6, 6.07) is 23.3. The molecule has 0 saturated carbocycles. The summed E-state index contributed by atoms with van der Waals surface area (Å²) in [6.07, 6.45) is 0. The molecule has 0 bridgehead atoms. The number of anilines is 2. The van der Waals surface area contributed by atoms with Gasteiger partial charge in [0.15, 0.2) is 0 Å². The molecule has 0 aromatic heterocycles. The minimum Gasteiger partial charge on any atom is -0.495 e. The Morgan fingerprint density at radius 2 is 1.62 bits per heavy atom. The Labute approximate surface area is 240 Å². The molecule has 39 heavy (non-hydrogen) atoms. The first kappa shape index (κ1) is 28.1. The molecule has 7 nitrogen and oxygen atoms in total. The van der Waals surface area contributed by atoms with Crippen molar-refractivity contribution in [3.63, 3.8) is 0 Å². The standard InChI is InChI=1S/C29H24Cl2N4O3S/c1-17-26(28(37)35-23-13-7-8-14-24(23)38-2)27(18-9-3-4-10-20(18)30)19(15-32)29(33-17)39-16-25(36)34-22-12-6-5-11-21(22)31/h3-14,27,33H,16H2,1-2H3,(H,34,36)(H,35,37)/t27-/m1/s1. The molecule has 198 valence electrons. The molecule has 3 N–H and O–H groups in total. The molecule has 0 saturated heterocycles. The normalized spacial score (nSPS) is 14.8. The average Bonchev–Trinajstić information content (AvgIpc) is 2.93. The summed E-state index contributed by atoms with van der Waals surface area (Å²) in [5, 5.41) is 20.4. The third-order valence-electron chi connectivity index (χ3n) is 5.96. The van der Waals surface area contributed by atoms with Crippen LogP contribution in [0.25, 0.3) is 0 Å². The second-order valence-electron chi connectivity index (χ2n) is 8.44. The number of carbonyl (C=O) groups is 2. The number of carbonyl (C=O) groups excluding carboxylic acids is 2. The van der Waals surface area contributed by atoms with Gasteiger partial charge in [0.2, 0.25) is 5.91 Å². The van der Waals surface area contributed by atoms with Gasteiger partial charge in [0.05, 0.1) is 51.8 Å². The van der Waals surface area contributed by atoms with Gasteiger partial charge in [-0.05, 0) is 42.8 Å². The fourth-order valence-electron chi connectivity index (χ4n) is 4.17. The Bertz CT molecular complexity index is 1530. The molecule has 1 aliphatic heterocycles. The third-order valence-corrected chi connectivity index (χ3v) is 7.65. The minimum atomic E-state index is -0.770. The van der Waals surface area contributed by atoms with Crippen LogP contribution in [0.4, 0.5) is 11.4 Å². The number of nitrogens with one attached hydrogen (secondary N) is 3. The van der Waals surface area contributed by atoms with E-state index in [9.17, 15) is 14.9 Å². The zero-order valence-corrected chi connectivity index (χ0v) is 23.4. The highest BCUT2D eigenvalue weighted by molar-refractivity contribution is 8.03. The number of rotatable bonds is 8. The molecule has 0 spiro atoms. The summed E-state index contributed by atoms with van der Waals surface area (Å²) in [5.74, 6) is -0.977. The maximum Gasteiger partial charge on any atom is 0.254 e. The quantitative estimate of drug-likeness (QED) is 0.274. The molecule has 3 aromatic carbocycles. The van der Waals surface area contributed by atoms with Crippen molar-refractivity contribution in [1.82, 2.24) is 5.32 Å². The van der Waals surface area contributed by atoms with Crippen LogP contribution in [-0.4, -0.2) is 24.7 Å². The molecule has 2 amide bonds. The number of ether oxygens (including phenoxy) is 1. The van der Waals surface area contributed by atoms with E-state index in [0.29, 0.717) is 49.0 Å². The van der Waals surface area contributed by atoms with E-state index in [1.54, 1.807) is 79.7 Å². The van der Waals surface area contributed by atoms with E-state index in [1.807, 2.05) is 0 Å². The van der Waals surface area contributed by atoms with E-state index in [-0.39, 0.29) is 17.2 Å². The SMILES string of the molecule is COc1ccccc1NC(=O)C1=C(C)NC(SCC(=O)Nc2ccccc2Cl)=C(C#N)[C@H]1c1ccccc1Cl. The van der Waals surface area contributed by atoms with Crippen LogP contribution in [0.5, 0.6) is 5.75 Å². The van der Waals surface area contributed by atoms with Crippen LogP contribution in [0, 0.1) is 11.3 Å². The van der Waals surface area contributed by atoms with Gasteiger partial charge < -0.3 is 20.7 Å². The average molecular weight is 580 g/mol. The lowest BCUT2D eigenvalue weighted by molar-refractivity contribution is -0.114. The largest absolute Gasteiger partial charge is 0.495 e. The first-order chi connectivity index (χ1) is 18.8. The topological polar surface area (TPSA) is 103 Å². The third kappa shape index (κ3) is 6.40. The van der Waals surface area contributed by atoms with Crippen LogP contribution in [0.15, 0.2) is 94.7 Å². The highest BCUT2D eigenvalue weighted by atomic mass is 35.5. The number of benzene rings is 3. The van der Waals surface area contributed by atoms with E-state index in [2.05, 4.69) is 22.0 Å². The monoisotopic (exact) mass is 578 g/mol. The van der Waals surface area contributed by atoms with Crippen molar-refractivity contribution in [2.75, 3.05) is 23.5 Å². The highest BCUT2D eigenvalue weighted by Gasteiger charge is 2.36. The molecule has 3 aromatic rings. The molecular formula is C29H24Cl2N4O3S. The van der Waals surface area contributed by atoms with E-state index >= 15 is 0 Å². The maximum atomic E-state index is 13.7. The number of hydrogen-bond donors (Lipinski definition) is 3. The molecule has 1 aliphatic rings. The first-order valence-corrected chi connectivity index (χ1v) is 13.6. The van der Waals surface area contributed by atoms with Crippen LogP contribution < -0.4 is 20.7 Å². The Hall–Kier alpha value is -3.90. The Balaban J connectivity index is 1.66. The van der Waals surface area contributed by atoms with Crippen molar-refractivity contribution in [2.45, 2.75) is 12.8 Å². The van der Waals surface area contributed by atoms with Crippen LogP contribution in [0.1, 0.15) is 18.4 Å².